The molecule has 1 aliphatic rings. The van der Waals surface area contributed by atoms with Gasteiger partial charge in [0.05, 0.1) is 22.1 Å². The van der Waals surface area contributed by atoms with Crippen molar-refractivity contribution < 1.29 is 19.0 Å². The third kappa shape index (κ3) is 2.25. The topological polar surface area (TPSA) is 46.5 Å². The van der Waals surface area contributed by atoms with Gasteiger partial charge in [-0.05, 0) is 12.1 Å². The smallest absolute Gasteiger partial charge is 0.335 e. The van der Waals surface area contributed by atoms with Crippen molar-refractivity contribution in [3.63, 3.8) is 0 Å². The van der Waals surface area contributed by atoms with Crippen molar-refractivity contribution in [2.75, 3.05) is 6.61 Å². The predicted molar refractivity (Wildman–Crippen MR) is 59.3 cm³/mol. The first-order chi connectivity index (χ1) is 7.58. The third-order valence-corrected chi connectivity index (χ3v) is 3.43. The number of carboxylic acids is 1. The zero-order valence-electron chi connectivity index (χ0n) is 8.07. The van der Waals surface area contributed by atoms with E-state index in [1.165, 1.54) is 12.1 Å². The molecule has 0 aromatic heterocycles. The molecule has 6 heteroatoms. The Hall–Kier alpha value is -0.940. The number of aromatic carboxylic acids is 1. The molecule has 1 N–H and O–H groups in total. The summed E-state index contributed by atoms with van der Waals surface area (Å²) in [5, 5.41) is 9.05. The predicted octanol–water partition coefficient (Wildman–Crippen LogP) is 3.21. The molecule has 0 fully saturated rings. The molecule has 1 heterocycles. The first-order valence-corrected chi connectivity index (χ1v) is 5.84. The third-order valence-electron chi connectivity index (χ3n) is 2.10. The number of ether oxygens (including phenoxy) is 1. The van der Waals surface area contributed by atoms with E-state index < -0.39 is 11.5 Å². The molecule has 0 aliphatic carbocycles. The average Bonchev–Trinajstić information content (AvgIpc) is 2.38. The van der Waals surface area contributed by atoms with E-state index >= 15 is 0 Å². The summed E-state index contributed by atoms with van der Waals surface area (Å²) >= 11 is 6.83. The number of fused-ring (bicyclic) bond motifs is 1. The molecule has 1 aromatic rings. The minimum Gasteiger partial charge on any atom is -0.491 e. The number of rotatable bonds is 1. The molecule has 3 nitrogen and oxygen atoms in total. The zero-order chi connectivity index (χ0) is 11.7. The number of thioether (sulfide) groups is 1. The quantitative estimate of drug-likeness (QED) is 0.844. The Kier molecular flexibility index (Phi) is 3.25. The minimum atomic E-state index is -1.10. The SMILES string of the molecule is O=C(O)c1cc(Cl)c2c(c1)SC(F)CCO2. The van der Waals surface area contributed by atoms with Crippen LogP contribution in [-0.4, -0.2) is 23.2 Å². The van der Waals surface area contributed by atoms with Gasteiger partial charge in [0.2, 0.25) is 0 Å². The van der Waals surface area contributed by atoms with Crippen LogP contribution in [-0.2, 0) is 0 Å². The highest BCUT2D eigenvalue weighted by molar-refractivity contribution is 7.99. The number of hydrogen-bond acceptors (Lipinski definition) is 3. The van der Waals surface area contributed by atoms with Crippen LogP contribution < -0.4 is 4.74 Å². The molecular weight excluding hydrogens is 255 g/mol. The minimum absolute atomic E-state index is 0.0361. The van der Waals surface area contributed by atoms with Gasteiger partial charge in [0.1, 0.15) is 0 Å². The summed E-state index contributed by atoms with van der Waals surface area (Å²) < 4.78 is 18.6. The van der Waals surface area contributed by atoms with Gasteiger partial charge in [0.25, 0.3) is 0 Å². The second-order valence-electron chi connectivity index (χ2n) is 3.26. The van der Waals surface area contributed by atoms with Crippen LogP contribution in [0, 0.1) is 0 Å². The van der Waals surface area contributed by atoms with Crippen LogP contribution in [0.15, 0.2) is 17.0 Å². The molecule has 16 heavy (non-hydrogen) atoms. The van der Waals surface area contributed by atoms with Gasteiger partial charge in [-0.3, -0.25) is 0 Å². The standard InChI is InChI=1S/C10H8ClFO3S/c11-6-3-5(10(13)14)4-7-9(6)15-2-1-8(12)16-7/h3-4,8H,1-2H2,(H,13,14). The average molecular weight is 263 g/mol. The Labute approximate surface area is 101 Å². The van der Waals surface area contributed by atoms with Crippen molar-refractivity contribution in [3.8, 4) is 5.75 Å². The summed E-state index contributed by atoms with van der Waals surface area (Å²) in [7, 11) is 0. The van der Waals surface area contributed by atoms with Crippen LogP contribution in [0.1, 0.15) is 16.8 Å². The van der Waals surface area contributed by atoms with Crippen molar-refractivity contribution in [1.82, 2.24) is 0 Å². The number of alkyl halides is 1. The van der Waals surface area contributed by atoms with E-state index in [1.54, 1.807) is 0 Å². The fraction of sp³-hybridized carbons (Fsp3) is 0.300. The van der Waals surface area contributed by atoms with Gasteiger partial charge in [-0.25, -0.2) is 9.18 Å². The first kappa shape index (κ1) is 11.5. The lowest BCUT2D eigenvalue weighted by Gasteiger charge is -2.09. The molecule has 1 aliphatic heterocycles. The Morgan fingerprint density at radius 1 is 1.62 bits per heavy atom. The van der Waals surface area contributed by atoms with Crippen LogP contribution >= 0.6 is 23.4 Å². The molecule has 1 unspecified atom stereocenters. The molecule has 1 aromatic carbocycles. The molecule has 86 valence electrons. The molecule has 0 amide bonds. The Balaban J connectivity index is 2.48. The molecule has 0 spiro atoms. The maximum Gasteiger partial charge on any atom is 0.335 e. The van der Waals surface area contributed by atoms with E-state index in [4.69, 9.17) is 21.4 Å². The maximum atomic E-state index is 13.3. The van der Waals surface area contributed by atoms with E-state index in [0.717, 1.165) is 11.8 Å². The van der Waals surface area contributed by atoms with Gasteiger partial charge >= 0.3 is 5.97 Å². The lowest BCUT2D eigenvalue weighted by atomic mass is 10.2. The summed E-state index contributed by atoms with van der Waals surface area (Å²) in [5.41, 5.74) is -1.06. The molecule has 0 radical (unpaired) electrons. The molecular formula is C10H8ClFO3S. The van der Waals surface area contributed by atoms with Crippen molar-refractivity contribution in [3.05, 3.63) is 22.7 Å². The monoisotopic (exact) mass is 262 g/mol. The number of halogens is 2. The number of carboxylic acid groups (broad SMARTS) is 1. The summed E-state index contributed by atoms with van der Waals surface area (Å²) in [5.74, 6) is -0.721. The maximum absolute atomic E-state index is 13.3. The Morgan fingerprint density at radius 2 is 2.38 bits per heavy atom. The molecule has 0 bridgehead atoms. The van der Waals surface area contributed by atoms with Crippen molar-refractivity contribution >= 4 is 29.3 Å². The Morgan fingerprint density at radius 3 is 3.06 bits per heavy atom. The number of benzene rings is 1. The van der Waals surface area contributed by atoms with E-state index in [0.29, 0.717) is 10.6 Å². The van der Waals surface area contributed by atoms with E-state index in [1.807, 2.05) is 0 Å². The lowest BCUT2D eigenvalue weighted by Crippen LogP contribution is -2.00. The fourth-order valence-corrected chi connectivity index (χ4v) is 2.66. The van der Waals surface area contributed by atoms with Crippen molar-refractivity contribution in [2.24, 2.45) is 0 Å². The summed E-state index contributed by atoms with van der Waals surface area (Å²) in [6, 6.07) is 2.69. The van der Waals surface area contributed by atoms with Crippen LogP contribution in [0.2, 0.25) is 5.02 Å². The second kappa shape index (κ2) is 4.51. The van der Waals surface area contributed by atoms with Gasteiger partial charge in [-0.2, -0.15) is 0 Å². The highest BCUT2D eigenvalue weighted by atomic mass is 35.5. The van der Waals surface area contributed by atoms with Crippen molar-refractivity contribution in [1.29, 1.82) is 0 Å². The van der Waals surface area contributed by atoms with Gasteiger partial charge < -0.3 is 9.84 Å². The second-order valence-corrected chi connectivity index (χ2v) is 4.85. The molecule has 0 saturated heterocycles. The normalized spacial score (nSPS) is 19.5. The van der Waals surface area contributed by atoms with Crippen LogP contribution in [0.5, 0.6) is 5.75 Å². The molecule has 1 atom stereocenters. The van der Waals surface area contributed by atoms with E-state index in [-0.39, 0.29) is 23.6 Å². The molecule has 2 rings (SSSR count). The summed E-state index contributed by atoms with van der Waals surface area (Å²) in [4.78, 5) is 11.2. The van der Waals surface area contributed by atoms with Gasteiger partial charge in [-0.15, -0.1) is 0 Å². The van der Waals surface area contributed by atoms with Crippen LogP contribution in [0.3, 0.4) is 0 Å². The Bertz CT molecular complexity index is 438. The van der Waals surface area contributed by atoms with Crippen LogP contribution in [0.25, 0.3) is 0 Å². The van der Waals surface area contributed by atoms with Gasteiger partial charge in [-0.1, -0.05) is 23.4 Å². The summed E-state index contributed by atoms with van der Waals surface area (Å²) in [6.45, 7) is 0.243. The number of hydrogen-bond donors (Lipinski definition) is 1. The summed E-state index contributed by atoms with van der Waals surface area (Å²) in [6.07, 6.45) is 0.262. The largest absolute Gasteiger partial charge is 0.491 e. The zero-order valence-corrected chi connectivity index (χ0v) is 9.65. The van der Waals surface area contributed by atoms with Gasteiger partial charge in [0, 0.05) is 6.42 Å². The van der Waals surface area contributed by atoms with E-state index in [9.17, 15) is 9.18 Å². The first-order valence-electron chi connectivity index (χ1n) is 4.58. The highest BCUT2D eigenvalue weighted by Crippen LogP contribution is 2.42. The highest BCUT2D eigenvalue weighted by Gasteiger charge is 2.22. The molecule has 0 saturated carbocycles. The fourth-order valence-electron chi connectivity index (χ4n) is 1.37. The number of carbonyl (C=O) groups is 1. The lowest BCUT2D eigenvalue weighted by molar-refractivity contribution is 0.0696. The van der Waals surface area contributed by atoms with E-state index in [2.05, 4.69) is 0 Å². The van der Waals surface area contributed by atoms with Gasteiger partial charge in [0.15, 0.2) is 11.3 Å². The van der Waals surface area contributed by atoms with Crippen LogP contribution in [0.4, 0.5) is 4.39 Å². The van der Waals surface area contributed by atoms with Crippen molar-refractivity contribution in [2.45, 2.75) is 16.8 Å².